The van der Waals surface area contributed by atoms with Crippen molar-refractivity contribution in [2.45, 2.75) is 26.4 Å². The lowest BCUT2D eigenvalue weighted by Crippen LogP contribution is -2.38. The fourth-order valence-corrected chi connectivity index (χ4v) is 2.66. The van der Waals surface area contributed by atoms with Crippen LogP contribution in [0, 0.1) is 12.7 Å². The predicted octanol–water partition coefficient (Wildman–Crippen LogP) is 3.61. The lowest BCUT2D eigenvalue weighted by atomic mass is 10.1. The summed E-state index contributed by atoms with van der Waals surface area (Å²) < 4.78 is 15.6. The van der Waals surface area contributed by atoms with Crippen LogP contribution in [-0.4, -0.2) is 27.8 Å². The number of nitrogens with zero attached hydrogens (tertiary/aromatic N) is 4. The monoisotopic (exact) mass is 500 g/mol. The molecule has 0 radical (unpaired) electrons. The normalized spacial score (nSPS) is 12.5. The molecule has 1 atom stereocenters. The lowest BCUT2D eigenvalue weighted by molar-refractivity contribution is 0.615. The number of rotatable bonds is 4. The van der Waals surface area contributed by atoms with E-state index < -0.39 is 5.82 Å². The predicted molar refractivity (Wildman–Crippen MR) is 109 cm³/mol. The van der Waals surface area contributed by atoms with Gasteiger partial charge in [-0.2, -0.15) is 0 Å². The van der Waals surface area contributed by atoms with Gasteiger partial charge in [-0.25, -0.2) is 4.39 Å². The minimum atomic E-state index is -0.512. The summed E-state index contributed by atoms with van der Waals surface area (Å²) in [5.41, 5.74) is 0.594. The molecular weight excluding hydrogens is 481 g/mol. The molecule has 0 saturated carbocycles. The zero-order valence-electron chi connectivity index (χ0n) is 14.3. The van der Waals surface area contributed by atoms with Crippen molar-refractivity contribution in [2.75, 3.05) is 7.05 Å². The Balaban J connectivity index is 0.00000312. The molecule has 0 aliphatic carbocycles. The summed E-state index contributed by atoms with van der Waals surface area (Å²) in [4.78, 5) is 4.15. The van der Waals surface area contributed by atoms with Gasteiger partial charge in [-0.15, -0.1) is 34.2 Å². The standard InChI is InChI=1S/C15H19Cl2FN6.HI/c1-8(10-5-13(18)12(17)6-11(10)16)21-15(19-3)20-7-14-23-22-9(2)24(14)4;/h5-6,8H,7H2,1-4H3,(H2,19,20,21);1H. The first-order chi connectivity index (χ1) is 11.3. The first kappa shape index (κ1) is 21.9. The van der Waals surface area contributed by atoms with Gasteiger partial charge in [0.1, 0.15) is 11.6 Å². The smallest absolute Gasteiger partial charge is 0.191 e. The van der Waals surface area contributed by atoms with Gasteiger partial charge in [0.15, 0.2) is 11.8 Å². The summed E-state index contributed by atoms with van der Waals surface area (Å²) in [5, 5.41) is 14.8. The second kappa shape index (κ2) is 9.54. The third kappa shape index (κ3) is 5.42. The summed E-state index contributed by atoms with van der Waals surface area (Å²) in [7, 11) is 3.54. The molecule has 0 aliphatic rings. The molecule has 0 aliphatic heterocycles. The van der Waals surface area contributed by atoms with Crippen LogP contribution in [0.5, 0.6) is 0 Å². The topological polar surface area (TPSA) is 67.1 Å². The number of benzene rings is 1. The number of nitrogens with one attached hydrogen (secondary N) is 2. The third-order valence-corrected chi connectivity index (χ3v) is 4.30. The van der Waals surface area contributed by atoms with Gasteiger partial charge in [-0.3, -0.25) is 4.99 Å². The van der Waals surface area contributed by atoms with E-state index in [1.54, 1.807) is 7.05 Å². The average Bonchev–Trinajstić information content (AvgIpc) is 2.86. The first-order valence-electron chi connectivity index (χ1n) is 7.30. The Morgan fingerprint density at radius 2 is 2.00 bits per heavy atom. The Bertz CT molecular complexity index is 765. The molecule has 0 amide bonds. The minimum Gasteiger partial charge on any atom is -0.350 e. The number of aliphatic imine (C=N–C) groups is 1. The van der Waals surface area contributed by atoms with Crippen LogP contribution in [0.25, 0.3) is 0 Å². The van der Waals surface area contributed by atoms with Gasteiger partial charge in [-0.05, 0) is 31.5 Å². The van der Waals surface area contributed by atoms with Crippen molar-refractivity contribution >= 4 is 53.1 Å². The van der Waals surface area contributed by atoms with E-state index in [0.29, 0.717) is 23.1 Å². The molecule has 0 bridgehead atoms. The summed E-state index contributed by atoms with van der Waals surface area (Å²) in [6, 6.07) is 2.45. The highest BCUT2D eigenvalue weighted by Crippen LogP contribution is 2.28. The van der Waals surface area contributed by atoms with Crippen molar-refractivity contribution in [3.63, 3.8) is 0 Å². The second-order valence-electron chi connectivity index (χ2n) is 5.30. The van der Waals surface area contributed by atoms with E-state index in [2.05, 4.69) is 25.8 Å². The molecule has 0 spiro atoms. The summed E-state index contributed by atoms with van der Waals surface area (Å²) in [5.74, 6) is 1.63. The second-order valence-corrected chi connectivity index (χ2v) is 6.12. The molecule has 1 aromatic carbocycles. The minimum absolute atomic E-state index is 0. The van der Waals surface area contributed by atoms with Crippen LogP contribution in [-0.2, 0) is 13.6 Å². The van der Waals surface area contributed by atoms with Gasteiger partial charge < -0.3 is 15.2 Å². The molecule has 2 aromatic rings. The number of halogens is 4. The van der Waals surface area contributed by atoms with Gasteiger partial charge in [0, 0.05) is 19.1 Å². The van der Waals surface area contributed by atoms with Crippen LogP contribution in [0.4, 0.5) is 4.39 Å². The Hall–Kier alpha value is -1.13. The van der Waals surface area contributed by atoms with Crippen LogP contribution in [0.1, 0.15) is 30.2 Å². The molecule has 0 fully saturated rings. The van der Waals surface area contributed by atoms with Gasteiger partial charge in [0.05, 0.1) is 17.6 Å². The SMILES string of the molecule is CN=C(NCc1nnc(C)n1C)NC(C)c1cc(F)c(Cl)cc1Cl.I. The molecule has 10 heteroatoms. The maximum atomic E-state index is 13.7. The average molecular weight is 501 g/mol. The van der Waals surface area contributed by atoms with Crippen molar-refractivity contribution < 1.29 is 4.39 Å². The van der Waals surface area contributed by atoms with E-state index in [1.807, 2.05) is 25.5 Å². The molecule has 2 N–H and O–H groups in total. The Morgan fingerprint density at radius 3 is 2.56 bits per heavy atom. The van der Waals surface area contributed by atoms with Gasteiger partial charge in [-0.1, -0.05) is 23.2 Å². The maximum absolute atomic E-state index is 13.7. The van der Waals surface area contributed by atoms with Crippen molar-refractivity contribution in [2.24, 2.45) is 12.0 Å². The zero-order chi connectivity index (χ0) is 17.9. The summed E-state index contributed by atoms with van der Waals surface area (Å²) >= 11 is 11.9. The zero-order valence-corrected chi connectivity index (χ0v) is 18.1. The lowest BCUT2D eigenvalue weighted by Gasteiger charge is -2.19. The fraction of sp³-hybridized carbons (Fsp3) is 0.400. The van der Waals surface area contributed by atoms with E-state index >= 15 is 0 Å². The first-order valence-corrected chi connectivity index (χ1v) is 8.05. The van der Waals surface area contributed by atoms with Gasteiger partial charge >= 0.3 is 0 Å². The number of aryl methyl sites for hydroxylation is 1. The quantitative estimate of drug-likeness (QED) is 0.291. The van der Waals surface area contributed by atoms with Crippen molar-refractivity contribution in [1.82, 2.24) is 25.4 Å². The molecular formula is C15H20Cl2FIN6. The summed E-state index contributed by atoms with van der Waals surface area (Å²) in [6.45, 7) is 4.18. The Labute approximate surface area is 173 Å². The highest BCUT2D eigenvalue weighted by atomic mass is 127. The van der Waals surface area contributed by atoms with Crippen LogP contribution in [0.3, 0.4) is 0 Å². The van der Waals surface area contributed by atoms with Crippen LogP contribution < -0.4 is 10.6 Å². The Kier molecular flexibility index (Phi) is 8.36. The Morgan fingerprint density at radius 1 is 1.32 bits per heavy atom. The van der Waals surface area contributed by atoms with Crippen molar-refractivity contribution in [3.05, 3.63) is 45.2 Å². The van der Waals surface area contributed by atoms with E-state index in [1.165, 1.54) is 12.1 Å². The molecule has 6 nitrogen and oxygen atoms in total. The van der Waals surface area contributed by atoms with Crippen LogP contribution in [0.15, 0.2) is 17.1 Å². The van der Waals surface area contributed by atoms with E-state index in [-0.39, 0.29) is 35.0 Å². The van der Waals surface area contributed by atoms with Crippen LogP contribution in [0.2, 0.25) is 10.0 Å². The molecule has 0 saturated heterocycles. The van der Waals surface area contributed by atoms with E-state index in [0.717, 1.165) is 11.6 Å². The molecule has 2 rings (SSSR count). The van der Waals surface area contributed by atoms with Crippen molar-refractivity contribution in [3.8, 4) is 0 Å². The highest BCUT2D eigenvalue weighted by molar-refractivity contribution is 14.0. The molecule has 1 heterocycles. The summed E-state index contributed by atoms with van der Waals surface area (Å²) in [6.07, 6.45) is 0. The number of hydrogen-bond acceptors (Lipinski definition) is 3. The number of hydrogen-bond donors (Lipinski definition) is 2. The highest BCUT2D eigenvalue weighted by Gasteiger charge is 2.15. The van der Waals surface area contributed by atoms with Crippen molar-refractivity contribution in [1.29, 1.82) is 0 Å². The molecule has 1 aromatic heterocycles. The number of aromatic nitrogens is 3. The fourth-order valence-electron chi connectivity index (χ4n) is 2.11. The van der Waals surface area contributed by atoms with Crippen LogP contribution >= 0.6 is 47.2 Å². The van der Waals surface area contributed by atoms with E-state index in [4.69, 9.17) is 23.2 Å². The third-order valence-electron chi connectivity index (χ3n) is 3.68. The molecule has 25 heavy (non-hydrogen) atoms. The maximum Gasteiger partial charge on any atom is 0.191 e. The van der Waals surface area contributed by atoms with Gasteiger partial charge in [0.2, 0.25) is 0 Å². The number of guanidine groups is 1. The molecule has 138 valence electrons. The van der Waals surface area contributed by atoms with E-state index in [9.17, 15) is 4.39 Å². The molecule has 1 unspecified atom stereocenters. The van der Waals surface area contributed by atoms with Gasteiger partial charge in [0.25, 0.3) is 0 Å². The largest absolute Gasteiger partial charge is 0.350 e.